The van der Waals surface area contributed by atoms with E-state index in [0.29, 0.717) is 0 Å². The third-order valence-electron chi connectivity index (χ3n) is 4.57. The fraction of sp³-hybridized carbons (Fsp3) is 0.950. The molecule has 0 aliphatic rings. The minimum absolute atomic E-state index is 0.733. The summed E-state index contributed by atoms with van der Waals surface area (Å²) in [4.78, 5) is 4.55. The van der Waals surface area contributed by atoms with Crippen molar-refractivity contribution < 1.29 is 17.7 Å². The fourth-order valence-corrected chi connectivity index (χ4v) is 8.01. The maximum atomic E-state index is 5.89. The topological polar surface area (TPSA) is 49.3 Å². The lowest BCUT2D eigenvalue weighted by Crippen LogP contribution is -2.38. The van der Waals surface area contributed by atoms with Gasteiger partial charge in [-0.2, -0.15) is 0 Å². The molecule has 0 aromatic heterocycles. The standard InChI is InChI=1S/C20H45NO4Si2/c1-7-22-26(5,23-8-2)19-15-13-11-12-14-17-21-18-16-20-27(6,24-9-3)25-10-4/h18H,7-17,19-20H2,1-6H3. The third-order valence-corrected chi connectivity index (χ3v) is 10.6. The van der Waals surface area contributed by atoms with Gasteiger partial charge in [-0.05, 0) is 71.9 Å². The molecular weight excluding hydrogens is 374 g/mol. The molecule has 0 heterocycles. The summed E-state index contributed by atoms with van der Waals surface area (Å²) in [6.45, 7) is 16.5. The Morgan fingerprint density at radius 2 is 1.07 bits per heavy atom. The molecule has 0 saturated carbocycles. The molecule has 0 aromatic rings. The lowest BCUT2D eigenvalue weighted by atomic mass is 10.1. The van der Waals surface area contributed by atoms with Crippen LogP contribution in [0.15, 0.2) is 4.99 Å². The number of hydrogen-bond acceptors (Lipinski definition) is 5. The Morgan fingerprint density at radius 3 is 1.59 bits per heavy atom. The van der Waals surface area contributed by atoms with Crippen LogP contribution in [0.1, 0.15) is 66.2 Å². The maximum absolute atomic E-state index is 5.89. The second-order valence-electron chi connectivity index (χ2n) is 7.14. The van der Waals surface area contributed by atoms with Crippen molar-refractivity contribution in [3.05, 3.63) is 0 Å². The minimum Gasteiger partial charge on any atom is -0.395 e. The van der Waals surface area contributed by atoms with Gasteiger partial charge in [0, 0.05) is 33.0 Å². The van der Waals surface area contributed by atoms with Gasteiger partial charge in [-0.25, -0.2) is 0 Å². The molecule has 0 N–H and O–H groups in total. The number of aliphatic imine (C=N–C) groups is 1. The Morgan fingerprint density at radius 1 is 0.630 bits per heavy atom. The van der Waals surface area contributed by atoms with Crippen LogP contribution in [0.3, 0.4) is 0 Å². The van der Waals surface area contributed by atoms with Gasteiger partial charge in [-0.15, -0.1) is 0 Å². The van der Waals surface area contributed by atoms with Crippen LogP contribution in [0.4, 0.5) is 0 Å². The van der Waals surface area contributed by atoms with E-state index in [-0.39, 0.29) is 0 Å². The molecule has 0 rings (SSSR count). The molecule has 0 amide bonds. The summed E-state index contributed by atoms with van der Waals surface area (Å²) in [7, 11) is -3.88. The number of unbranched alkanes of at least 4 members (excludes halogenated alkanes) is 4. The SMILES string of the molecule is CCO[Si](C)(CCC=NCCCCCCC[Si](C)(OCC)OCC)OCC. The highest BCUT2D eigenvalue weighted by molar-refractivity contribution is 6.66. The van der Waals surface area contributed by atoms with Crippen molar-refractivity contribution in [1.29, 1.82) is 0 Å². The predicted octanol–water partition coefficient (Wildman–Crippen LogP) is 5.69. The summed E-state index contributed by atoms with van der Waals surface area (Å²) >= 11 is 0. The first-order valence-corrected chi connectivity index (χ1v) is 16.0. The van der Waals surface area contributed by atoms with Crippen LogP contribution in [0, 0.1) is 0 Å². The normalized spacial score (nSPS) is 13.0. The number of nitrogens with zero attached hydrogens (tertiary/aromatic N) is 1. The zero-order valence-corrected chi connectivity index (χ0v) is 20.8. The maximum Gasteiger partial charge on any atom is 0.335 e. The Balaban J connectivity index is 3.72. The Hall–Kier alpha value is -0.0562. The molecule has 0 radical (unpaired) electrons. The molecule has 0 saturated heterocycles. The van der Waals surface area contributed by atoms with E-state index in [9.17, 15) is 0 Å². The van der Waals surface area contributed by atoms with E-state index in [1.165, 1.54) is 32.1 Å². The van der Waals surface area contributed by atoms with Crippen molar-refractivity contribution in [3.8, 4) is 0 Å². The van der Waals surface area contributed by atoms with Gasteiger partial charge in [0.05, 0.1) is 0 Å². The highest BCUT2D eigenvalue weighted by atomic mass is 28.4. The quantitative estimate of drug-likeness (QED) is 0.153. The van der Waals surface area contributed by atoms with Gasteiger partial charge < -0.3 is 17.7 Å². The smallest absolute Gasteiger partial charge is 0.335 e. The van der Waals surface area contributed by atoms with E-state index < -0.39 is 17.1 Å². The van der Waals surface area contributed by atoms with Crippen molar-refractivity contribution in [2.24, 2.45) is 4.99 Å². The Kier molecular flexibility index (Phi) is 16.8. The van der Waals surface area contributed by atoms with E-state index in [0.717, 1.165) is 51.5 Å². The highest BCUT2D eigenvalue weighted by Crippen LogP contribution is 2.19. The average Bonchev–Trinajstić information content (AvgIpc) is 2.60. The van der Waals surface area contributed by atoms with Gasteiger partial charge in [0.1, 0.15) is 0 Å². The van der Waals surface area contributed by atoms with Crippen LogP contribution in [-0.4, -0.2) is 56.3 Å². The zero-order valence-electron chi connectivity index (χ0n) is 18.8. The molecular formula is C20H45NO4Si2. The van der Waals surface area contributed by atoms with Gasteiger partial charge in [-0.3, -0.25) is 4.99 Å². The fourth-order valence-electron chi connectivity index (χ4n) is 3.28. The molecule has 0 aromatic carbocycles. The van der Waals surface area contributed by atoms with Crippen LogP contribution in [0.2, 0.25) is 25.2 Å². The van der Waals surface area contributed by atoms with Crippen LogP contribution in [-0.2, 0) is 17.7 Å². The van der Waals surface area contributed by atoms with Crippen molar-refractivity contribution >= 4 is 23.3 Å². The Bertz CT molecular complexity index is 358. The molecule has 27 heavy (non-hydrogen) atoms. The molecule has 0 aliphatic carbocycles. The third kappa shape index (κ3) is 14.6. The summed E-state index contributed by atoms with van der Waals surface area (Å²) in [5.74, 6) is 0. The summed E-state index contributed by atoms with van der Waals surface area (Å²) in [6, 6.07) is 2.09. The van der Waals surface area contributed by atoms with Gasteiger partial charge >= 0.3 is 17.1 Å². The summed E-state index contributed by atoms with van der Waals surface area (Å²) in [6.07, 6.45) is 9.20. The van der Waals surface area contributed by atoms with E-state index in [1.807, 2.05) is 13.8 Å². The van der Waals surface area contributed by atoms with Crippen LogP contribution < -0.4 is 0 Å². The van der Waals surface area contributed by atoms with Gasteiger partial charge in [0.25, 0.3) is 0 Å². The van der Waals surface area contributed by atoms with E-state index in [2.05, 4.69) is 38.1 Å². The molecule has 0 bridgehead atoms. The average molecular weight is 420 g/mol. The van der Waals surface area contributed by atoms with Crippen molar-refractivity contribution in [2.75, 3.05) is 33.0 Å². The summed E-state index contributed by atoms with van der Waals surface area (Å²) < 4.78 is 23.5. The Labute approximate surface area is 170 Å². The molecule has 7 heteroatoms. The van der Waals surface area contributed by atoms with E-state index >= 15 is 0 Å². The summed E-state index contributed by atoms with van der Waals surface area (Å²) in [5.41, 5.74) is 0. The number of rotatable bonds is 19. The van der Waals surface area contributed by atoms with Gasteiger partial charge in [0.15, 0.2) is 0 Å². The molecule has 0 atom stereocenters. The largest absolute Gasteiger partial charge is 0.395 e. The second kappa shape index (κ2) is 16.9. The molecule has 0 unspecified atom stereocenters. The molecule has 0 fully saturated rings. The van der Waals surface area contributed by atoms with Crippen LogP contribution >= 0.6 is 0 Å². The lowest BCUT2D eigenvalue weighted by Gasteiger charge is -2.25. The molecule has 5 nitrogen and oxygen atoms in total. The summed E-state index contributed by atoms with van der Waals surface area (Å²) in [5, 5.41) is 0. The van der Waals surface area contributed by atoms with E-state index in [1.54, 1.807) is 0 Å². The molecule has 0 spiro atoms. The van der Waals surface area contributed by atoms with Crippen molar-refractivity contribution in [3.63, 3.8) is 0 Å². The first-order chi connectivity index (χ1) is 12.9. The van der Waals surface area contributed by atoms with Crippen LogP contribution in [0.25, 0.3) is 0 Å². The number of hydrogen-bond donors (Lipinski definition) is 0. The van der Waals surface area contributed by atoms with Crippen LogP contribution in [0.5, 0.6) is 0 Å². The molecule has 162 valence electrons. The minimum atomic E-state index is -1.98. The second-order valence-corrected chi connectivity index (χ2v) is 13.8. The highest BCUT2D eigenvalue weighted by Gasteiger charge is 2.30. The van der Waals surface area contributed by atoms with Gasteiger partial charge in [-0.1, -0.05) is 25.7 Å². The van der Waals surface area contributed by atoms with E-state index in [4.69, 9.17) is 17.7 Å². The van der Waals surface area contributed by atoms with Crippen molar-refractivity contribution in [1.82, 2.24) is 0 Å². The van der Waals surface area contributed by atoms with Crippen molar-refractivity contribution in [2.45, 2.75) is 91.4 Å². The monoisotopic (exact) mass is 419 g/mol. The zero-order chi connectivity index (χ0) is 20.4. The first kappa shape index (κ1) is 26.9. The predicted molar refractivity (Wildman–Crippen MR) is 120 cm³/mol. The lowest BCUT2D eigenvalue weighted by molar-refractivity contribution is 0.188. The first-order valence-electron chi connectivity index (χ1n) is 11.0. The van der Waals surface area contributed by atoms with Gasteiger partial charge in [0.2, 0.25) is 0 Å². The molecule has 0 aliphatic heterocycles.